The van der Waals surface area contributed by atoms with Gasteiger partial charge in [-0.2, -0.15) is 13.2 Å². The number of alkyl halides is 3. The number of nitro benzene ring substituents is 1. The highest BCUT2D eigenvalue weighted by Gasteiger charge is 2.71. The SMILES string of the molecule is C=C1NC(=O)[C@@](NC(=O)c2cccc([N+](=O)[O-])c2)(C(F)(F)F)[C@H]1C(C)=O. The van der Waals surface area contributed by atoms with E-state index in [0.29, 0.717) is 0 Å². The van der Waals surface area contributed by atoms with Crippen molar-refractivity contribution >= 4 is 23.3 Å². The number of rotatable bonds is 4. The molecule has 0 radical (unpaired) electrons. The molecule has 1 aromatic carbocycles. The van der Waals surface area contributed by atoms with Crippen LogP contribution in [0.5, 0.6) is 0 Å². The summed E-state index contributed by atoms with van der Waals surface area (Å²) in [5, 5.41) is 14.1. The molecule has 1 aromatic rings. The van der Waals surface area contributed by atoms with Gasteiger partial charge in [0.15, 0.2) is 0 Å². The molecule has 0 saturated carbocycles. The number of nitro groups is 1. The van der Waals surface area contributed by atoms with Gasteiger partial charge in [-0.1, -0.05) is 12.6 Å². The van der Waals surface area contributed by atoms with Gasteiger partial charge in [-0.15, -0.1) is 0 Å². The first-order chi connectivity index (χ1) is 11.9. The van der Waals surface area contributed by atoms with Crippen molar-refractivity contribution in [2.75, 3.05) is 0 Å². The van der Waals surface area contributed by atoms with E-state index in [9.17, 15) is 37.7 Å². The predicted molar refractivity (Wildman–Crippen MR) is 80.8 cm³/mol. The van der Waals surface area contributed by atoms with Gasteiger partial charge in [0.05, 0.1) is 10.8 Å². The van der Waals surface area contributed by atoms with Gasteiger partial charge in [0, 0.05) is 23.4 Å². The first-order valence-electron chi connectivity index (χ1n) is 7.06. The van der Waals surface area contributed by atoms with Crippen molar-refractivity contribution in [1.82, 2.24) is 10.6 Å². The lowest BCUT2D eigenvalue weighted by molar-refractivity contribution is -0.384. The standard InChI is InChI=1S/C15H12F3N3O5/c1-7-11(8(2)22)14(13(24)19-7,15(16,17)18)20-12(23)9-4-3-5-10(6-9)21(25)26/h3-6,11H,1H2,2H3,(H,19,24)(H,20,23)/t11-,14-/m1/s1. The van der Waals surface area contributed by atoms with Gasteiger partial charge in [-0.25, -0.2) is 0 Å². The molecule has 1 heterocycles. The van der Waals surface area contributed by atoms with Gasteiger partial charge < -0.3 is 10.6 Å². The van der Waals surface area contributed by atoms with E-state index in [-0.39, 0.29) is 0 Å². The van der Waals surface area contributed by atoms with E-state index in [1.54, 1.807) is 5.32 Å². The monoisotopic (exact) mass is 371 g/mol. The molecule has 8 nitrogen and oxygen atoms in total. The Kier molecular flexibility index (Phi) is 4.58. The maximum Gasteiger partial charge on any atom is 0.421 e. The summed E-state index contributed by atoms with van der Waals surface area (Å²) in [6.07, 6.45) is -5.33. The van der Waals surface area contributed by atoms with E-state index in [4.69, 9.17) is 0 Å². The molecule has 1 fully saturated rings. The molecule has 0 spiro atoms. The molecule has 1 saturated heterocycles. The van der Waals surface area contributed by atoms with Crippen LogP contribution < -0.4 is 10.6 Å². The largest absolute Gasteiger partial charge is 0.421 e. The zero-order valence-corrected chi connectivity index (χ0v) is 13.2. The first kappa shape index (κ1) is 19.1. The Labute approximate surface area is 144 Å². The van der Waals surface area contributed by atoms with E-state index >= 15 is 0 Å². The van der Waals surface area contributed by atoms with Crippen LogP contribution in [-0.2, 0) is 9.59 Å². The Morgan fingerprint density at radius 3 is 2.50 bits per heavy atom. The number of nitrogens with zero attached hydrogens (tertiary/aromatic N) is 1. The number of hydrogen-bond donors (Lipinski definition) is 2. The minimum Gasteiger partial charge on any atom is -0.329 e. The third-order valence-corrected chi connectivity index (χ3v) is 3.90. The third kappa shape index (κ3) is 2.91. The fourth-order valence-electron chi connectivity index (χ4n) is 2.76. The number of halogens is 3. The van der Waals surface area contributed by atoms with Gasteiger partial charge >= 0.3 is 6.18 Å². The highest BCUT2D eigenvalue weighted by atomic mass is 19.4. The summed E-state index contributed by atoms with van der Waals surface area (Å²) in [7, 11) is 0. The van der Waals surface area contributed by atoms with Crippen LogP contribution in [0.1, 0.15) is 17.3 Å². The number of amides is 2. The predicted octanol–water partition coefficient (Wildman–Crippen LogP) is 1.47. The minimum absolute atomic E-state index is 0.476. The zero-order chi connectivity index (χ0) is 19.9. The quantitative estimate of drug-likeness (QED) is 0.614. The molecule has 2 atom stereocenters. The maximum absolute atomic E-state index is 13.8. The number of carbonyl (C=O) groups is 3. The van der Waals surface area contributed by atoms with E-state index < -0.39 is 57.1 Å². The van der Waals surface area contributed by atoms with Crippen molar-refractivity contribution in [3.63, 3.8) is 0 Å². The second-order valence-corrected chi connectivity index (χ2v) is 5.59. The number of carbonyl (C=O) groups excluding carboxylic acids is 3. The first-order valence-corrected chi connectivity index (χ1v) is 7.06. The van der Waals surface area contributed by atoms with Crippen LogP contribution in [0.25, 0.3) is 0 Å². The molecule has 2 N–H and O–H groups in total. The van der Waals surface area contributed by atoms with Crippen molar-refractivity contribution in [3.05, 3.63) is 52.2 Å². The highest BCUT2D eigenvalue weighted by molar-refractivity contribution is 6.06. The maximum atomic E-state index is 13.8. The van der Waals surface area contributed by atoms with Gasteiger partial charge in [-0.3, -0.25) is 24.5 Å². The molecule has 0 aromatic heterocycles. The molecular weight excluding hydrogens is 359 g/mol. The molecule has 2 amide bonds. The van der Waals surface area contributed by atoms with Gasteiger partial charge in [-0.05, 0) is 13.0 Å². The number of Topliss-reactive ketones (excluding diaryl/α,β-unsaturated/α-hetero) is 1. The second kappa shape index (κ2) is 6.24. The molecule has 0 bridgehead atoms. The zero-order valence-electron chi connectivity index (χ0n) is 13.2. The van der Waals surface area contributed by atoms with Crippen LogP contribution in [0.4, 0.5) is 18.9 Å². The Morgan fingerprint density at radius 2 is 2.00 bits per heavy atom. The number of non-ortho nitro benzene ring substituents is 1. The third-order valence-electron chi connectivity index (χ3n) is 3.90. The topological polar surface area (TPSA) is 118 Å². The van der Waals surface area contributed by atoms with E-state index in [0.717, 1.165) is 31.2 Å². The smallest absolute Gasteiger partial charge is 0.329 e. The molecule has 26 heavy (non-hydrogen) atoms. The summed E-state index contributed by atoms with van der Waals surface area (Å²) in [4.78, 5) is 46.0. The Hall–Kier alpha value is -3.24. The lowest BCUT2D eigenvalue weighted by Crippen LogP contribution is -2.67. The fraction of sp³-hybridized carbons (Fsp3) is 0.267. The van der Waals surface area contributed by atoms with Crippen molar-refractivity contribution in [2.24, 2.45) is 5.92 Å². The Balaban J connectivity index is 2.53. The van der Waals surface area contributed by atoms with Crippen LogP contribution in [0, 0.1) is 16.0 Å². The van der Waals surface area contributed by atoms with Crippen LogP contribution in [-0.4, -0.2) is 34.2 Å². The van der Waals surface area contributed by atoms with Crippen molar-refractivity contribution in [2.45, 2.75) is 18.6 Å². The van der Waals surface area contributed by atoms with Crippen LogP contribution in [0.15, 0.2) is 36.5 Å². The van der Waals surface area contributed by atoms with Gasteiger partial charge in [0.2, 0.25) is 5.54 Å². The summed E-state index contributed by atoms with van der Waals surface area (Å²) in [6.45, 7) is 4.07. The molecule has 0 unspecified atom stereocenters. The van der Waals surface area contributed by atoms with Gasteiger partial charge in [0.1, 0.15) is 5.78 Å². The average molecular weight is 371 g/mol. The van der Waals surface area contributed by atoms with Gasteiger partial charge in [0.25, 0.3) is 17.5 Å². The van der Waals surface area contributed by atoms with Crippen LogP contribution in [0.2, 0.25) is 0 Å². The number of nitrogens with one attached hydrogen (secondary N) is 2. The summed E-state index contributed by atoms with van der Waals surface area (Å²) >= 11 is 0. The molecule has 1 aliphatic heterocycles. The van der Waals surface area contributed by atoms with E-state index in [1.807, 2.05) is 5.32 Å². The Morgan fingerprint density at radius 1 is 1.38 bits per heavy atom. The number of ketones is 1. The lowest BCUT2D eigenvalue weighted by atomic mass is 9.81. The fourth-order valence-corrected chi connectivity index (χ4v) is 2.76. The Bertz CT molecular complexity index is 836. The lowest BCUT2D eigenvalue weighted by Gasteiger charge is -2.33. The molecule has 11 heteroatoms. The van der Waals surface area contributed by atoms with Crippen molar-refractivity contribution in [1.29, 1.82) is 0 Å². The summed E-state index contributed by atoms with van der Waals surface area (Å²) < 4.78 is 41.3. The van der Waals surface area contributed by atoms with Crippen molar-refractivity contribution in [3.8, 4) is 0 Å². The van der Waals surface area contributed by atoms with E-state index in [1.165, 1.54) is 0 Å². The van der Waals surface area contributed by atoms with Crippen LogP contribution >= 0.6 is 0 Å². The molecule has 1 aliphatic rings. The minimum atomic E-state index is -5.33. The van der Waals surface area contributed by atoms with Crippen LogP contribution in [0.3, 0.4) is 0 Å². The summed E-state index contributed by atoms with van der Waals surface area (Å²) in [6, 6.07) is 3.93. The second-order valence-electron chi connectivity index (χ2n) is 5.59. The van der Waals surface area contributed by atoms with E-state index in [2.05, 4.69) is 6.58 Å². The van der Waals surface area contributed by atoms with Crippen molar-refractivity contribution < 1.29 is 32.5 Å². The average Bonchev–Trinajstić information content (AvgIpc) is 2.78. The molecule has 2 rings (SSSR count). The molecule has 0 aliphatic carbocycles. The normalized spacial score (nSPS) is 22.7. The molecule has 138 valence electrons. The highest BCUT2D eigenvalue weighted by Crippen LogP contribution is 2.43. The molecular formula is C15H12F3N3O5. The summed E-state index contributed by atoms with van der Waals surface area (Å²) in [5.74, 6) is -6.17. The summed E-state index contributed by atoms with van der Waals surface area (Å²) in [5.41, 5.74) is -5.06. The number of hydrogen-bond acceptors (Lipinski definition) is 5. The number of benzene rings is 1.